The standard InChI is InChI=1S/C18H17Cl2N5O4/c1-8(2)11-6-15(22-23-17(11)27)29-16-12(19)4-10(5-13(16)20)25-18(28)21-9(3)14(7-26)24-25/h4-6,8,26H,3,7H2,1-2H3,(H,21,28)(H,23,27). The quantitative estimate of drug-likeness (QED) is 0.661. The van der Waals surface area contributed by atoms with Gasteiger partial charge < -0.3 is 15.2 Å². The summed E-state index contributed by atoms with van der Waals surface area (Å²) in [6, 6.07) is 3.76. The highest BCUT2D eigenvalue weighted by Gasteiger charge is 2.25. The summed E-state index contributed by atoms with van der Waals surface area (Å²) in [6.45, 7) is 6.93. The average molecular weight is 438 g/mol. The van der Waals surface area contributed by atoms with Gasteiger partial charge in [-0.25, -0.2) is 9.89 Å². The minimum absolute atomic E-state index is 0.0385. The summed E-state index contributed by atoms with van der Waals surface area (Å²) in [7, 11) is 0. The van der Waals surface area contributed by atoms with Crippen LogP contribution in [0.5, 0.6) is 11.6 Å². The van der Waals surface area contributed by atoms with E-state index in [0.717, 1.165) is 5.01 Å². The number of rotatable bonds is 5. The van der Waals surface area contributed by atoms with E-state index in [-0.39, 0.29) is 50.2 Å². The zero-order chi connectivity index (χ0) is 21.3. The summed E-state index contributed by atoms with van der Waals surface area (Å²) < 4.78 is 5.66. The van der Waals surface area contributed by atoms with Gasteiger partial charge in [0.05, 0.1) is 28.0 Å². The van der Waals surface area contributed by atoms with Crippen molar-refractivity contribution in [2.75, 3.05) is 11.6 Å². The molecular weight excluding hydrogens is 421 g/mol. The van der Waals surface area contributed by atoms with Crippen molar-refractivity contribution in [2.24, 2.45) is 5.10 Å². The van der Waals surface area contributed by atoms with Crippen LogP contribution in [0.2, 0.25) is 10.0 Å². The van der Waals surface area contributed by atoms with Crippen molar-refractivity contribution in [1.29, 1.82) is 0 Å². The second kappa shape index (κ2) is 8.24. The Balaban J connectivity index is 1.96. The third-order valence-electron chi connectivity index (χ3n) is 4.03. The number of aromatic amines is 1. The number of carbonyl (C=O) groups excluding carboxylic acids is 1. The zero-order valence-electron chi connectivity index (χ0n) is 15.5. The summed E-state index contributed by atoms with van der Waals surface area (Å²) >= 11 is 12.6. The lowest BCUT2D eigenvalue weighted by Gasteiger charge is -2.25. The molecule has 0 bridgehead atoms. The maximum Gasteiger partial charge on any atom is 0.347 e. The fourth-order valence-electron chi connectivity index (χ4n) is 2.54. The molecule has 11 heteroatoms. The van der Waals surface area contributed by atoms with Crippen LogP contribution in [-0.2, 0) is 0 Å². The molecule has 0 fully saturated rings. The minimum Gasteiger partial charge on any atom is -0.434 e. The van der Waals surface area contributed by atoms with Crippen LogP contribution in [-0.4, -0.2) is 33.7 Å². The van der Waals surface area contributed by atoms with E-state index in [1.807, 2.05) is 13.8 Å². The number of amides is 2. The van der Waals surface area contributed by atoms with E-state index in [9.17, 15) is 14.7 Å². The Hall–Kier alpha value is -2.88. The predicted molar refractivity (Wildman–Crippen MR) is 110 cm³/mol. The number of benzene rings is 1. The number of nitrogens with zero attached hydrogens (tertiary/aromatic N) is 3. The lowest BCUT2D eigenvalue weighted by Crippen LogP contribution is -2.44. The third-order valence-corrected chi connectivity index (χ3v) is 4.60. The molecule has 0 unspecified atom stereocenters. The number of anilines is 1. The molecule has 152 valence electrons. The highest BCUT2D eigenvalue weighted by Crippen LogP contribution is 2.40. The highest BCUT2D eigenvalue weighted by molar-refractivity contribution is 6.37. The number of aliphatic hydroxyl groups excluding tert-OH is 1. The normalized spacial score (nSPS) is 14.1. The number of hydrazone groups is 1. The van der Waals surface area contributed by atoms with E-state index in [2.05, 4.69) is 27.2 Å². The van der Waals surface area contributed by atoms with Gasteiger partial charge in [-0.15, -0.1) is 5.10 Å². The van der Waals surface area contributed by atoms with Gasteiger partial charge in [-0.2, -0.15) is 10.1 Å². The van der Waals surface area contributed by atoms with Crippen molar-refractivity contribution in [3.63, 3.8) is 0 Å². The van der Waals surface area contributed by atoms with E-state index < -0.39 is 12.6 Å². The molecule has 0 spiro atoms. The van der Waals surface area contributed by atoms with E-state index in [4.69, 9.17) is 27.9 Å². The highest BCUT2D eigenvalue weighted by atomic mass is 35.5. The van der Waals surface area contributed by atoms with Crippen LogP contribution in [0.4, 0.5) is 10.5 Å². The molecule has 0 radical (unpaired) electrons. The number of aliphatic hydroxyl groups is 1. The molecule has 9 nitrogen and oxygen atoms in total. The Labute approximate surface area is 175 Å². The molecule has 2 heterocycles. The van der Waals surface area contributed by atoms with E-state index in [1.165, 1.54) is 18.2 Å². The van der Waals surface area contributed by atoms with Crippen LogP contribution in [0.25, 0.3) is 0 Å². The fraction of sp³-hybridized carbons (Fsp3) is 0.222. The molecule has 1 aromatic carbocycles. The number of hydrogen-bond donors (Lipinski definition) is 3. The minimum atomic E-state index is -0.586. The van der Waals surface area contributed by atoms with Crippen LogP contribution < -0.4 is 20.6 Å². The fourth-order valence-corrected chi connectivity index (χ4v) is 3.09. The predicted octanol–water partition coefficient (Wildman–Crippen LogP) is 3.38. The molecule has 0 saturated heterocycles. The molecule has 0 saturated carbocycles. The SMILES string of the molecule is C=C1NC(=O)N(c2cc(Cl)c(Oc3cc(C(C)C)c(=O)[nH]n3)c(Cl)c2)N=C1CO. The molecule has 1 aliphatic heterocycles. The van der Waals surface area contributed by atoms with Gasteiger partial charge in [0.15, 0.2) is 5.75 Å². The van der Waals surface area contributed by atoms with Gasteiger partial charge in [-0.3, -0.25) is 4.79 Å². The van der Waals surface area contributed by atoms with Crippen LogP contribution in [0, 0.1) is 0 Å². The zero-order valence-corrected chi connectivity index (χ0v) is 17.0. The number of hydrogen-bond acceptors (Lipinski definition) is 6. The van der Waals surface area contributed by atoms with Gasteiger partial charge >= 0.3 is 6.03 Å². The van der Waals surface area contributed by atoms with E-state index >= 15 is 0 Å². The lowest BCUT2D eigenvalue weighted by molar-refractivity contribution is 0.248. The molecule has 0 atom stereocenters. The van der Waals surface area contributed by atoms with Crippen molar-refractivity contribution in [2.45, 2.75) is 19.8 Å². The Morgan fingerprint density at radius 3 is 2.48 bits per heavy atom. The molecule has 29 heavy (non-hydrogen) atoms. The number of ether oxygens (including phenoxy) is 1. The van der Waals surface area contributed by atoms with E-state index in [1.54, 1.807) is 0 Å². The summed E-state index contributed by atoms with van der Waals surface area (Å²) in [4.78, 5) is 24.0. The molecule has 1 aliphatic rings. The van der Waals surface area contributed by atoms with Gasteiger partial charge in [0.25, 0.3) is 5.56 Å². The largest absolute Gasteiger partial charge is 0.434 e. The Morgan fingerprint density at radius 2 is 1.90 bits per heavy atom. The first-order chi connectivity index (χ1) is 13.7. The molecule has 3 N–H and O–H groups in total. The Kier molecular flexibility index (Phi) is 5.92. The summed E-state index contributed by atoms with van der Waals surface area (Å²) in [5.41, 5.74) is 0.831. The van der Waals surface area contributed by atoms with Gasteiger partial charge in [0, 0.05) is 11.6 Å². The molecule has 1 aromatic heterocycles. The van der Waals surface area contributed by atoms with Crippen molar-refractivity contribution in [3.05, 3.63) is 56.4 Å². The van der Waals surface area contributed by atoms with Crippen LogP contribution >= 0.6 is 23.2 Å². The van der Waals surface area contributed by atoms with E-state index in [0.29, 0.717) is 5.56 Å². The smallest absolute Gasteiger partial charge is 0.347 e. The lowest BCUT2D eigenvalue weighted by atomic mass is 10.1. The van der Waals surface area contributed by atoms with Crippen molar-refractivity contribution < 1.29 is 14.6 Å². The summed E-state index contributed by atoms with van der Waals surface area (Å²) in [5.74, 6) is 0.167. The molecule has 3 rings (SSSR count). The number of H-pyrrole nitrogens is 1. The molecular formula is C18H17Cl2N5O4. The third kappa shape index (κ3) is 4.26. The molecule has 2 amide bonds. The number of nitrogens with one attached hydrogen (secondary N) is 2. The summed E-state index contributed by atoms with van der Waals surface area (Å²) in [6.07, 6.45) is 0. The monoisotopic (exact) mass is 437 g/mol. The van der Waals surface area contributed by atoms with Crippen LogP contribution in [0.15, 0.2) is 40.4 Å². The van der Waals surface area contributed by atoms with Gasteiger partial charge in [0.1, 0.15) is 5.71 Å². The number of urea groups is 1. The molecule has 0 aliphatic carbocycles. The Morgan fingerprint density at radius 1 is 1.24 bits per heavy atom. The van der Waals surface area contributed by atoms with Crippen molar-refractivity contribution in [3.8, 4) is 11.6 Å². The van der Waals surface area contributed by atoms with Crippen molar-refractivity contribution >= 4 is 40.6 Å². The number of aromatic nitrogens is 2. The maximum atomic E-state index is 12.2. The number of carbonyl (C=O) groups is 1. The topological polar surface area (TPSA) is 120 Å². The molecule has 2 aromatic rings. The van der Waals surface area contributed by atoms with Crippen molar-refractivity contribution in [1.82, 2.24) is 15.5 Å². The first-order valence-electron chi connectivity index (χ1n) is 8.46. The first-order valence-corrected chi connectivity index (χ1v) is 9.22. The maximum absolute atomic E-state index is 12.2. The first kappa shape index (κ1) is 20.8. The van der Waals surface area contributed by atoms with Gasteiger partial charge in [-0.1, -0.05) is 43.6 Å². The van der Waals surface area contributed by atoms with Gasteiger partial charge in [-0.05, 0) is 18.1 Å². The average Bonchev–Trinajstić information content (AvgIpc) is 2.65. The van der Waals surface area contributed by atoms with Crippen LogP contribution in [0.3, 0.4) is 0 Å². The second-order valence-electron chi connectivity index (χ2n) is 6.41. The van der Waals surface area contributed by atoms with Crippen LogP contribution in [0.1, 0.15) is 25.3 Å². The van der Waals surface area contributed by atoms with Gasteiger partial charge in [0.2, 0.25) is 5.88 Å². The second-order valence-corrected chi connectivity index (χ2v) is 7.23. The number of halogens is 2. The summed E-state index contributed by atoms with van der Waals surface area (Å²) in [5, 5.41) is 23.2. The Bertz CT molecular complexity index is 1060.